The average Bonchev–Trinajstić information content (AvgIpc) is 3.68. The molecule has 0 N–H and O–H groups in total. The Labute approximate surface area is 274 Å². The van der Waals surface area contributed by atoms with Crippen molar-refractivity contribution in [2.45, 2.75) is 19.3 Å². The average molecular weight is 605 g/mol. The van der Waals surface area contributed by atoms with Gasteiger partial charge in [0.15, 0.2) is 5.58 Å². The number of aromatic nitrogens is 1. The fraction of sp³-hybridized carbons (Fsp3) is 0.0682. The lowest BCUT2D eigenvalue weighted by molar-refractivity contribution is 0.623. The third kappa shape index (κ3) is 4.39. The Kier molecular flexibility index (Phi) is 6.16. The van der Waals surface area contributed by atoms with Crippen LogP contribution < -0.4 is 4.90 Å². The van der Waals surface area contributed by atoms with E-state index in [2.05, 4.69) is 146 Å². The maximum absolute atomic E-state index is 6.62. The van der Waals surface area contributed by atoms with E-state index in [0.29, 0.717) is 5.89 Å². The van der Waals surface area contributed by atoms with Gasteiger partial charge in [0.05, 0.1) is 5.69 Å². The fourth-order valence-electron chi connectivity index (χ4n) is 7.30. The van der Waals surface area contributed by atoms with Crippen molar-refractivity contribution in [3.63, 3.8) is 0 Å². The molecule has 0 unspecified atom stereocenters. The SMILES string of the molecule is CC1(C)c2ccccc2-c2cc(N(c3ccc(-c4ccccc4)cc3)c3cc4ccccc4c4oc(-c5ccccc5)nc34)ccc21. The molecule has 3 heteroatoms. The molecule has 0 spiro atoms. The largest absolute Gasteiger partial charge is 0.435 e. The lowest BCUT2D eigenvalue weighted by Gasteiger charge is -2.27. The highest BCUT2D eigenvalue weighted by Crippen LogP contribution is 2.51. The molecule has 3 nitrogen and oxygen atoms in total. The highest BCUT2D eigenvalue weighted by molar-refractivity contribution is 6.11. The first-order valence-electron chi connectivity index (χ1n) is 16.1. The third-order valence-electron chi connectivity index (χ3n) is 9.69. The topological polar surface area (TPSA) is 29.3 Å². The van der Waals surface area contributed by atoms with Crippen molar-refractivity contribution >= 4 is 38.9 Å². The van der Waals surface area contributed by atoms with Crippen LogP contribution in [0.4, 0.5) is 17.1 Å². The molecule has 7 aromatic carbocycles. The van der Waals surface area contributed by atoms with Crippen LogP contribution >= 0.6 is 0 Å². The van der Waals surface area contributed by atoms with E-state index in [1.54, 1.807) is 0 Å². The van der Waals surface area contributed by atoms with Crippen LogP contribution in [-0.2, 0) is 5.41 Å². The van der Waals surface area contributed by atoms with E-state index in [-0.39, 0.29) is 5.41 Å². The summed E-state index contributed by atoms with van der Waals surface area (Å²) in [6, 6.07) is 55.9. The van der Waals surface area contributed by atoms with Crippen LogP contribution in [-0.4, -0.2) is 4.98 Å². The first kappa shape index (κ1) is 27.4. The molecule has 0 saturated carbocycles. The molecule has 0 fully saturated rings. The van der Waals surface area contributed by atoms with Crippen LogP contribution in [0, 0.1) is 0 Å². The minimum Gasteiger partial charge on any atom is -0.435 e. The smallest absolute Gasteiger partial charge is 0.227 e. The summed E-state index contributed by atoms with van der Waals surface area (Å²) in [6.45, 7) is 4.65. The zero-order valence-corrected chi connectivity index (χ0v) is 26.3. The van der Waals surface area contributed by atoms with Crippen molar-refractivity contribution in [3.05, 3.63) is 169 Å². The summed E-state index contributed by atoms with van der Waals surface area (Å²) >= 11 is 0. The molecule has 0 saturated heterocycles. The van der Waals surface area contributed by atoms with E-state index in [0.717, 1.165) is 44.5 Å². The van der Waals surface area contributed by atoms with Gasteiger partial charge < -0.3 is 9.32 Å². The Balaban J connectivity index is 1.30. The molecule has 1 heterocycles. The summed E-state index contributed by atoms with van der Waals surface area (Å²) in [7, 11) is 0. The van der Waals surface area contributed by atoms with Crippen LogP contribution in [0.2, 0.25) is 0 Å². The Hall–Kier alpha value is -5.93. The van der Waals surface area contributed by atoms with Gasteiger partial charge in [-0.2, -0.15) is 0 Å². The molecule has 0 radical (unpaired) electrons. The molecule has 9 rings (SSSR count). The van der Waals surface area contributed by atoms with Gasteiger partial charge in [-0.3, -0.25) is 0 Å². The maximum atomic E-state index is 6.62. The van der Waals surface area contributed by atoms with Crippen LogP contribution in [0.3, 0.4) is 0 Å². The number of anilines is 3. The fourth-order valence-corrected chi connectivity index (χ4v) is 7.30. The van der Waals surface area contributed by atoms with Crippen molar-refractivity contribution in [1.82, 2.24) is 4.98 Å². The zero-order chi connectivity index (χ0) is 31.5. The van der Waals surface area contributed by atoms with E-state index in [4.69, 9.17) is 9.40 Å². The maximum Gasteiger partial charge on any atom is 0.227 e. The minimum absolute atomic E-state index is 0.0699. The molecule has 47 heavy (non-hydrogen) atoms. The summed E-state index contributed by atoms with van der Waals surface area (Å²) in [4.78, 5) is 7.54. The highest BCUT2D eigenvalue weighted by atomic mass is 16.3. The molecule has 224 valence electrons. The number of fused-ring (bicyclic) bond motifs is 6. The number of rotatable bonds is 5. The van der Waals surface area contributed by atoms with E-state index in [1.165, 1.54) is 33.4 Å². The predicted octanol–water partition coefficient (Wildman–Crippen LogP) is 12.1. The van der Waals surface area contributed by atoms with E-state index in [9.17, 15) is 0 Å². The normalized spacial score (nSPS) is 13.1. The highest BCUT2D eigenvalue weighted by Gasteiger charge is 2.35. The van der Waals surface area contributed by atoms with E-state index < -0.39 is 0 Å². The Bertz CT molecular complexity index is 2420. The predicted molar refractivity (Wildman–Crippen MR) is 195 cm³/mol. The van der Waals surface area contributed by atoms with E-state index >= 15 is 0 Å². The lowest BCUT2D eigenvalue weighted by atomic mass is 9.82. The zero-order valence-electron chi connectivity index (χ0n) is 26.3. The van der Waals surface area contributed by atoms with Gasteiger partial charge in [0.2, 0.25) is 5.89 Å². The summed E-state index contributed by atoms with van der Waals surface area (Å²) in [6.07, 6.45) is 0. The molecule has 8 aromatic rings. The first-order chi connectivity index (χ1) is 23.1. The van der Waals surface area contributed by atoms with Gasteiger partial charge >= 0.3 is 0 Å². The van der Waals surface area contributed by atoms with Crippen LogP contribution in [0.5, 0.6) is 0 Å². The third-order valence-corrected chi connectivity index (χ3v) is 9.69. The number of nitrogens with zero attached hydrogens (tertiary/aromatic N) is 2. The number of hydrogen-bond donors (Lipinski definition) is 0. The second-order valence-corrected chi connectivity index (χ2v) is 12.8. The molecular formula is C44H32N2O. The standard InChI is InChI=1S/C44H32N2O/c1-44(2)38-20-12-11-19-36(38)37-28-34(25-26-39(37)44)46(33-23-21-30(22-24-33)29-13-5-3-6-14-29)40-27-32-17-9-10-18-35(32)42-41(40)45-43(47-42)31-15-7-4-8-16-31/h3-28H,1-2H3. The van der Waals surface area contributed by atoms with Gasteiger partial charge in [-0.25, -0.2) is 4.98 Å². The van der Waals surface area contributed by atoms with Gasteiger partial charge in [-0.15, -0.1) is 0 Å². The Morgan fingerprint density at radius 1 is 0.532 bits per heavy atom. The molecule has 1 aliphatic carbocycles. The van der Waals surface area contributed by atoms with Crippen LogP contribution in [0.25, 0.3) is 55.6 Å². The van der Waals surface area contributed by atoms with Gasteiger partial charge in [-0.05, 0) is 81.2 Å². The summed E-state index contributed by atoms with van der Waals surface area (Å²) in [5.41, 5.74) is 13.3. The molecule has 0 bridgehead atoms. The van der Waals surface area contributed by atoms with Crippen molar-refractivity contribution in [2.75, 3.05) is 4.90 Å². The van der Waals surface area contributed by atoms with Gasteiger partial charge in [0.1, 0.15) is 5.52 Å². The van der Waals surface area contributed by atoms with E-state index in [1.807, 2.05) is 30.3 Å². The number of benzene rings is 7. The number of oxazole rings is 1. The molecule has 1 aliphatic rings. The number of hydrogen-bond acceptors (Lipinski definition) is 3. The first-order valence-corrected chi connectivity index (χ1v) is 16.1. The van der Waals surface area contributed by atoms with Gasteiger partial charge in [-0.1, -0.05) is 129 Å². The Morgan fingerprint density at radius 2 is 1.15 bits per heavy atom. The molecule has 0 amide bonds. The van der Waals surface area contributed by atoms with Crippen molar-refractivity contribution in [1.29, 1.82) is 0 Å². The lowest BCUT2D eigenvalue weighted by Crippen LogP contribution is -2.15. The van der Waals surface area contributed by atoms with Crippen molar-refractivity contribution in [2.24, 2.45) is 0 Å². The molecular weight excluding hydrogens is 572 g/mol. The van der Waals surface area contributed by atoms with Gasteiger partial charge in [0.25, 0.3) is 0 Å². The van der Waals surface area contributed by atoms with Crippen molar-refractivity contribution in [3.8, 4) is 33.7 Å². The van der Waals surface area contributed by atoms with Crippen molar-refractivity contribution < 1.29 is 4.42 Å². The minimum atomic E-state index is -0.0699. The summed E-state index contributed by atoms with van der Waals surface area (Å²) < 4.78 is 6.62. The van der Waals surface area contributed by atoms with Gasteiger partial charge in [0, 0.05) is 27.7 Å². The molecule has 1 aromatic heterocycles. The monoisotopic (exact) mass is 604 g/mol. The second-order valence-electron chi connectivity index (χ2n) is 12.8. The summed E-state index contributed by atoms with van der Waals surface area (Å²) in [5, 5.41) is 2.15. The van der Waals surface area contributed by atoms with Crippen LogP contribution in [0.15, 0.2) is 162 Å². The summed E-state index contributed by atoms with van der Waals surface area (Å²) in [5.74, 6) is 0.613. The quantitative estimate of drug-likeness (QED) is 0.196. The Morgan fingerprint density at radius 3 is 1.94 bits per heavy atom. The molecule has 0 aliphatic heterocycles. The van der Waals surface area contributed by atoms with Crippen LogP contribution in [0.1, 0.15) is 25.0 Å². The second kappa shape index (κ2) is 10.6. The molecule has 0 atom stereocenters.